The van der Waals surface area contributed by atoms with Gasteiger partial charge in [-0.3, -0.25) is 4.79 Å². The van der Waals surface area contributed by atoms with Crippen LogP contribution in [0, 0.1) is 11.3 Å². The normalized spacial score (nSPS) is 24.6. The van der Waals surface area contributed by atoms with Crippen LogP contribution in [0.25, 0.3) is 0 Å². The number of ether oxygens (including phenoxy) is 3. The summed E-state index contributed by atoms with van der Waals surface area (Å²) in [4.78, 5) is 26.9. The monoisotopic (exact) mass is 453 g/mol. The molecule has 1 N–H and O–H groups in total. The van der Waals surface area contributed by atoms with E-state index in [1.54, 1.807) is 7.11 Å². The van der Waals surface area contributed by atoms with Crippen molar-refractivity contribution in [2.45, 2.75) is 71.8 Å². The number of benzene rings is 1. The molecular formula is C27H35NO5. The molecule has 178 valence electrons. The van der Waals surface area contributed by atoms with E-state index in [2.05, 4.69) is 25.2 Å². The van der Waals surface area contributed by atoms with Gasteiger partial charge in [0, 0.05) is 23.7 Å². The van der Waals surface area contributed by atoms with E-state index in [-0.39, 0.29) is 23.3 Å². The van der Waals surface area contributed by atoms with E-state index < -0.39 is 11.8 Å². The second kappa shape index (κ2) is 9.24. The molecule has 3 aliphatic rings. The van der Waals surface area contributed by atoms with Crippen molar-refractivity contribution in [1.82, 2.24) is 5.32 Å². The molecule has 2 aliphatic carbocycles. The smallest absolute Gasteiger partial charge is 0.336 e. The zero-order valence-corrected chi connectivity index (χ0v) is 20.3. The Bertz CT molecular complexity index is 1000. The van der Waals surface area contributed by atoms with E-state index in [0.717, 1.165) is 42.6 Å². The van der Waals surface area contributed by atoms with Crippen LogP contribution in [0.1, 0.15) is 71.3 Å². The van der Waals surface area contributed by atoms with Gasteiger partial charge in [-0.25, -0.2) is 4.79 Å². The lowest BCUT2D eigenvalue weighted by molar-refractivity contribution is -0.144. The van der Waals surface area contributed by atoms with Gasteiger partial charge < -0.3 is 19.5 Å². The molecule has 1 aromatic carbocycles. The number of allylic oxidation sites excluding steroid dienone is 3. The fraction of sp³-hybridized carbons (Fsp3) is 0.556. The third-order valence-corrected chi connectivity index (χ3v) is 6.88. The molecule has 0 bridgehead atoms. The maximum Gasteiger partial charge on any atom is 0.336 e. The van der Waals surface area contributed by atoms with Crippen molar-refractivity contribution in [3.05, 3.63) is 46.8 Å². The summed E-state index contributed by atoms with van der Waals surface area (Å²) in [6.07, 6.45) is 6.47. The standard InChI is InChI=1S/C27H35NO5/c1-6-32-21-12-11-17(13-22(21)31-5)24-23(26(30)33-18-9-7-8-10-18)16(2)28-19-14-27(3,4)15-20(29)25(19)24/h11-14,18,24-25,28H,6-10,15H2,1-5H3. The number of ketones is 1. The van der Waals surface area contributed by atoms with Crippen LogP contribution in [0.2, 0.25) is 0 Å². The van der Waals surface area contributed by atoms with Crippen LogP contribution in [0.15, 0.2) is 41.2 Å². The van der Waals surface area contributed by atoms with Gasteiger partial charge in [-0.1, -0.05) is 26.0 Å². The van der Waals surface area contributed by atoms with E-state index in [4.69, 9.17) is 14.2 Å². The van der Waals surface area contributed by atoms with Gasteiger partial charge in [0.15, 0.2) is 11.5 Å². The third-order valence-electron chi connectivity index (χ3n) is 6.88. The molecule has 6 nitrogen and oxygen atoms in total. The first-order chi connectivity index (χ1) is 15.7. The van der Waals surface area contributed by atoms with Crippen molar-refractivity contribution in [1.29, 1.82) is 0 Å². The van der Waals surface area contributed by atoms with Gasteiger partial charge in [-0.2, -0.15) is 0 Å². The topological polar surface area (TPSA) is 73.9 Å². The van der Waals surface area contributed by atoms with Gasteiger partial charge in [0.25, 0.3) is 0 Å². The molecule has 0 aromatic heterocycles. The Kier molecular flexibility index (Phi) is 6.55. The summed E-state index contributed by atoms with van der Waals surface area (Å²) in [6, 6.07) is 5.68. The molecule has 1 fully saturated rings. The minimum Gasteiger partial charge on any atom is -0.493 e. The molecule has 33 heavy (non-hydrogen) atoms. The number of nitrogens with one attached hydrogen (secondary N) is 1. The fourth-order valence-corrected chi connectivity index (χ4v) is 5.47. The van der Waals surface area contributed by atoms with E-state index >= 15 is 0 Å². The second-order valence-corrected chi connectivity index (χ2v) is 10.0. The van der Waals surface area contributed by atoms with E-state index in [1.165, 1.54) is 0 Å². The Morgan fingerprint density at radius 3 is 2.55 bits per heavy atom. The molecule has 4 rings (SSSR count). The molecule has 1 saturated carbocycles. The number of carbonyl (C=O) groups excluding carboxylic acids is 2. The lowest BCUT2D eigenvalue weighted by atomic mass is 9.66. The lowest BCUT2D eigenvalue weighted by Gasteiger charge is -2.41. The highest BCUT2D eigenvalue weighted by Gasteiger charge is 2.46. The van der Waals surface area contributed by atoms with Gasteiger partial charge in [0.2, 0.25) is 0 Å². The summed E-state index contributed by atoms with van der Waals surface area (Å²) in [5, 5.41) is 3.38. The largest absolute Gasteiger partial charge is 0.493 e. The molecule has 2 unspecified atom stereocenters. The van der Waals surface area contributed by atoms with Gasteiger partial charge in [0.05, 0.1) is 25.2 Å². The van der Waals surface area contributed by atoms with Gasteiger partial charge in [-0.15, -0.1) is 0 Å². The number of rotatable bonds is 6. The zero-order chi connectivity index (χ0) is 23.8. The van der Waals surface area contributed by atoms with E-state index in [9.17, 15) is 9.59 Å². The Hall–Kier alpha value is -2.76. The molecule has 1 heterocycles. The highest BCUT2D eigenvalue weighted by Crippen LogP contribution is 2.48. The van der Waals surface area contributed by atoms with Crippen LogP contribution in [0.5, 0.6) is 11.5 Å². The van der Waals surface area contributed by atoms with Crippen molar-refractivity contribution in [2.24, 2.45) is 11.3 Å². The van der Waals surface area contributed by atoms with E-state index in [1.807, 2.05) is 32.0 Å². The summed E-state index contributed by atoms with van der Waals surface area (Å²) in [5.41, 5.74) is 2.74. The highest BCUT2D eigenvalue weighted by molar-refractivity contribution is 5.96. The summed E-state index contributed by atoms with van der Waals surface area (Å²) >= 11 is 0. The summed E-state index contributed by atoms with van der Waals surface area (Å²) in [7, 11) is 1.60. The average Bonchev–Trinajstić information content (AvgIpc) is 3.25. The van der Waals surface area contributed by atoms with Crippen LogP contribution < -0.4 is 14.8 Å². The van der Waals surface area contributed by atoms with Crippen molar-refractivity contribution in [2.75, 3.05) is 13.7 Å². The van der Waals surface area contributed by atoms with Crippen LogP contribution in [-0.2, 0) is 14.3 Å². The number of hydrogen-bond donors (Lipinski definition) is 1. The molecule has 6 heteroatoms. The predicted molar refractivity (Wildman–Crippen MR) is 126 cm³/mol. The molecular weight excluding hydrogens is 418 g/mol. The number of fused-ring (bicyclic) bond motifs is 1. The average molecular weight is 454 g/mol. The molecule has 2 atom stereocenters. The number of esters is 1. The van der Waals surface area contributed by atoms with Crippen LogP contribution in [0.4, 0.5) is 0 Å². The molecule has 1 aliphatic heterocycles. The van der Waals surface area contributed by atoms with Crippen LogP contribution in [0.3, 0.4) is 0 Å². The molecule has 0 saturated heterocycles. The molecule has 1 aromatic rings. The number of hydrogen-bond acceptors (Lipinski definition) is 6. The van der Waals surface area contributed by atoms with Gasteiger partial charge in [-0.05, 0) is 62.6 Å². The first kappa shape index (κ1) is 23.4. The molecule has 0 radical (unpaired) electrons. The van der Waals surface area contributed by atoms with Crippen LogP contribution >= 0.6 is 0 Å². The maximum atomic E-state index is 13.5. The minimum absolute atomic E-state index is 0.0498. The highest BCUT2D eigenvalue weighted by atomic mass is 16.5. The number of methoxy groups -OCH3 is 1. The van der Waals surface area contributed by atoms with Gasteiger partial charge >= 0.3 is 5.97 Å². The van der Waals surface area contributed by atoms with Crippen molar-refractivity contribution in [3.63, 3.8) is 0 Å². The Balaban J connectivity index is 1.81. The SMILES string of the molecule is CCOc1ccc(C2C(C(=O)OC3CCCC3)=C(C)NC3=CC(C)(C)CC(=O)C32)cc1OC. The third kappa shape index (κ3) is 4.66. The first-order valence-electron chi connectivity index (χ1n) is 12.0. The summed E-state index contributed by atoms with van der Waals surface area (Å²) in [6.45, 7) is 8.46. The number of carbonyl (C=O) groups is 2. The summed E-state index contributed by atoms with van der Waals surface area (Å²) in [5.74, 6) is 0.113. The number of Topliss-reactive ketones (excluding diaryl/α,β-unsaturated/α-hetero) is 1. The zero-order valence-electron chi connectivity index (χ0n) is 20.3. The first-order valence-corrected chi connectivity index (χ1v) is 12.0. The van der Waals surface area contributed by atoms with Gasteiger partial charge in [0.1, 0.15) is 11.9 Å². The Morgan fingerprint density at radius 2 is 1.88 bits per heavy atom. The lowest BCUT2D eigenvalue weighted by Crippen LogP contribution is -2.43. The fourth-order valence-electron chi connectivity index (χ4n) is 5.47. The quantitative estimate of drug-likeness (QED) is 0.609. The predicted octanol–water partition coefficient (Wildman–Crippen LogP) is 5.04. The van der Waals surface area contributed by atoms with Crippen molar-refractivity contribution < 1.29 is 23.8 Å². The Labute approximate surface area is 196 Å². The second-order valence-electron chi connectivity index (χ2n) is 10.0. The van der Waals surface area contributed by atoms with Crippen LogP contribution in [-0.4, -0.2) is 31.6 Å². The minimum atomic E-state index is -0.462. The molecule has 0 spiro atoms. The summed E-state index contributed by atoms with van der Waals surface area (Å²) < 4.78 is 17.2. The maximum absolute atomic E-state index is 13.5. The Morgan fingerprint density at radius 1 is 1.15 bits per heavy atom. The van der Waals surface area contributed by atoms with E-state index in [0.29, 0.717) is 30.1 Å². The van der Waals surface area contributed by atoms with Crippen molar-refractivity contribution in [3.8, 4) is 11.5 Å². The molecule has 0 amide bonds. The van der Waals surface area contributed by atoms with Crippen molar-refractivity contribution >= 4 is 11.8 Å².